The van der Waals surface area contributed by atoms with Crippen LogP contribution in [0.2, 0.25) is 0 Å². The first kappa shape index (κ1) is 19.7. The molecule has 3 aromatic rings. The molecule has 6 heteroatoms. The SMILES string of the molecule is Cc1cc([C@@H]2[C@@H](c3ccccn3)NC(=S)N2CC(C)C)c(C)n1Cc1ccco1. The van der Waals surface area contributed by atoms with E-state index >= 15 is 0 Å². The fraction of sp³-hybridized carbons (Fsp3) is 0.391. The van der Waals surface area contributed by atoms with Gasteiger partial charge >= 0.3 is 0 Å². The highest BCUT2D eigenvalue weighted by atomic mass is 32.1. The van der Waals surface area contributed by atoms with Crippen LogP contribution >= 0.6 is 12.2 Å². The Kier molecular flexibility index (Phi) is 5.46. The Balaban J connectivity index is 1.76. The molecule has 4 heterocycles. The topological polar surface area (TPSA) is 46.2 Å². The summed E-state index contributed by atoms with van der Waals surface area (Å²) in [4.78, 5) is 6.97. The van der Waals surface area contributed by atoms with Gasteiger partial charge in [0, 0.05) is 24.1 Å². The lowest BCUT2D eigenvalue weighted by atomic mass is 9.96. The smallest absolute Gasteiger partial charge is 0.170 e. The predicted molar refractivity (Wildman–Crippen MR) is 119 cm³/mol. The van der Waals surface area contributed by atoms with Crippen LogP contribution in [0.3, 0.4) is 0 Å². The number of rotatable bonds is 6. The zero-order valence-electron chi connectivity index (χ0n) is 17.4. The van der Waals surface area contributed by atoms with Crippen molar-refractivity contribution in [3.8, 4) is 0 Å². The van der Waals surface area contributed by atoms with Crippen molar-refractivity contribution in [2.24, 2.45) is 5.92 Å². The van der Waals surface area contributed by atoms with Gasteiger partial charge < -0.3 is 19.2 Å². The van der Waals surface area contributed by atoms with E-state index in [9.17, 15) is 0 Å². The first-order chi connectivity index (χ1) is 14.0. The van der Waals surface area contributed by atoms with Gasteiger partial charge in [0.2, 0.25) is 0 Å². The van der Waals surface area contributed by atoms with Crippen LogP contribution in [0.15, 0.2) is 53.3 Å². The number of hydrogen-bond donors (Lipinski definition) is 1. The van der Waals surface area contributed by atoms with E-state index in [2.05, 4.69) is 59.6 Å². The average molecular weight is 409 g/mol. The van der Waals surface area contributed by atoms with Crippen molar-refractivity contribution in [2.45, 2.75) is 46.3 Å². The van der Waals surface area contributed by atoms with Gasteiger partial charge in [-0.1, -0.05) is 19.9 Å². The predicted octanol–water partition coefficient (Wildman–Crippen LogP) is 4.77. The van der Waals surface area contributed by atoms with Gasteiger partial charge in [-0.05, 0) is 67.9 Å². The van der Waals surface area contributed by atoms with Gasteiger partial charge in [-0.2, -0.15) is 0 Å². The lowest BCUT2D eigenvalue weighted by Gasteiger charge is -2.29. The van der Waals surface area contributed by atoms with Crippen molar-refractivity contribution in [3.05, 3.63) is 77.3 Å². The first-order valence-corrected chi connectivity index (χ1v) is 10.5. The first-order valence-electron chi connectivity index (χ1n) is 10.1. The van der Waals surface area contributed by atoms with Crippen LogP contribution in [0.5, 0.6) is 0 Å². The number of pyridine rings is 1. The second-order valence-electron chi connectivity index (χ2n) is 8.16. The number of hydrogen-bond acceptors (Lipinski definition) is 3. The molecule has 4 rings (SSSR count). The molecule has 1 aliphatic rings. The summed E-state index contributed by atoms with van der Waals surface area (Å²) in [5, 5.41) is 4.34. The molecule has 3 aromatic heterocycles. The van der Waals surface area contributed by atoms with Crippen molar-refractivity contribution in [2.75, 3.05) is 6.54 Å². The fourth-order valence-electron chi connectivity index (χ4n) is 4.26. The number of nitrogens with one attached hydrogen (secondary N) is 1. The Morgan fingerprint density at radius 3 is 2.69 bits per heavy atom. The minimum Gasteiger partial charge on any atom is -0.467 e. The molecular weight excluding hydrogens is 380 g/mol. The van der Waals surface area contributed by atoms with Crippen molar-refractivity contribution >= 4 is 17.3 Å². The molecule has 0 bridgehead atoms. The third-order valence-electron chi connectivity index (χ3n) is 5.59. The normalized spacial score (nSPS) is 19.2. The summed E-state index contributed by atoms with van der Waals surface area (Å²) in [6.07, 6.45) is 3.58. The molecule has 152 valence electrons. The molecule has 0 unspecified atom stereocenters. The molecule has 1 aliphatic heterocycles. The Hall–Kier alpha value is -2.60. The Morgan fingerprint density at radius 2 is 2.03 bits per heavy atom. The van der Waals surface area contributed by atoms with E-state index in [0.29, 0.717) is 5.92 Å². The van der Waals surface area contributed by atoms with Crippen molar-refractivity contribution < 1.29 is 4.42 Å². The summed E-state index contributed by atoms with van der Waals surface area (Å²) in [7, 11) is 0. The summed E-state index contributed by atoms with van der Waals surface area (Å²) in [5.41, 5.74) is 4.76. The molecule has 1 N–H and O–H groups in total. The van der Waals surface area contributed by atoms with Crippen LogP contribution in [0, 0.1) is 19.8 Å². The summed E-state index contributed by atoms with van der Waals surface area (Å²) >= 11 is 5.75. The standard InChI is InChI=1S/C23H28N4OS/c1-15(2)13-27-22(21(25-23(27)29)20-9-5-6-10-24-20)19-12-16(3)26(17(19)4)14-18-8-7-11-28-18/h5-12,15,21-22H,13-14H2,1-4H3,(H,25,29)/t21-,22-/m1/s1. The Morgan fingerprint density at radius 1 is 1.21 bits per heavy atom. The van der Waals surface area contributed by atoms with Gasteiger partial charge in [-0.25, -0.2) is 0 Å². The maximum atomic E-state index is 5.75. The molecule has 2 atom stereocenters. The number of nitrogens with zero attached hydrogens (tertiary/aromatic N) is 3. The van der Waals surface area contributed by atoms with E-state index in [4.69, 9.17) is 16.6 Å². The third kappa shape index (κ3) is 3.81. The van der Waals surface area contributed by atoms with E-state index in [1.165, 1.54) is 17.0 Å². The highest BCUT2D eigenvalue weighted by molar-refractivity contribution is 7.80. The second-order valence-corrected chi connectivity index (χ2v) is 8.55. The molecule has 29 heavy (non-hydrogen) atoms. The third-order valence-corrected chi connectivity index (χ3v) is 5.94. The minimum atomic E-state index is 0.0278. The van der Waals surface area contributed by atoms with Crippen LogP contribution in [0.1, 0.15) is 54.3 Å². The van der Waals surface area contributed by atoms with Gasteiger partial charge in [0.1, 0.15) is 5.76 Å². The van der Waals surface area contributed by atoms with Crippen LogP contribution < -0.4 is 5.32 Å². The van der Waals surface area contributed by atoms with E-state index in [-0.39, 0.29) is 12.1 Å². The van der Waals surface area contributed by atoms with E-state index in [1.54, 1.807) is 6.26 Å². The zero-order valence-corrected chi connectivity index (χ0v) is 18.2. The maximum Gasteiger partial charge on any atom is 0.170 e. The van der Waals surface area contributed by atoms with Crippen LogP contribution in [0.25, 0.3) is 0 Å². The fourth-order valence-corrected chi connectivity index (χ4v) is 4.58. The van der Waals surface area contributed by atoms with Gasteiger partial charge in [0.05, 0.1) is 30.6 Å². The molecular formula is C23H28N4OS. The minimum absolute atomic E-state index is 0.0278. The monoisotopic (exact) mass is 408 g/mol. The molecule has 0 spiro atoms. The zero-order chi connectivity index (χ0) is 20.5. The maximum absolute atomic E-state index is 5.75. The molecule has 0 amide bonds. The van der Waals surface area contributed by atoms with E-state index in [0.717, 1.165) is 29.7 Å². The quantitative estimate of drug-likeness (QED) is 0.595. The summed E-state index contributed by atoms with van der Waals surface area (Å²) in [6.45, 7) is 10.4. The lowest BCUT2D eigenvalue weighted by molar-refractivity contribution is 0.286. The molecule has 0 aromatic carbocycles. The Bertz CT molecular complexity index is 978. The number of furan rings is 1. The summed E-state index contributed by atoms with van der Waals surface area (Å²) < 4.78 is 7.91. The number of thiocarbonyl (C=S) groups is 1. The van der Waals surface area contributed by atoms with Gasteiger partial charge in [0.25, 0.3) is 0 Å². The van der Waals surface area contributed by atoms with Gasteiger partial charge in [0.15, 0.2) is 5.11 Å². The van der Waals surface area contributed by atoms with E-state index in [1.807, 2.05) is 30.5 Å². The number of aromatic nitrogens is 2. The molecule has 5 nitrogen and oxygen atoms in total. The highest BCUT2D eigenvalue weighted by Crippen LogP contribution is 2.41. The lowest BCUT2D eigenvalue weighted by Crippen LogP contribution is -2.33. The summed E-state index contributed by atoms with van der Waals surface area (Å²) in [6, 6.07) is 12.5. The molecule has 0 radical (unpaired) electrons. The largest absolute Gasteiger partial charge is 0.467 e. The molecule has 1 fully saturated rings. The molecule has 1 saturated heterocycles. The van der Waals surface area contributed by atoms with Crippen LogP contribution in [-0.2, 0) is 6.54 Å². The van der Waals surface area contributed by atoms with E-state index < -0.39 is 0 Å². The van der Waals surface area contributed by atoms with Gasteiger partial charge in [-0.15, -0.1) is 0 Å². The van der Waals surface area contributed by atoms with Crippen LogP contribution in [0.4, 0.5) is 0 Å². The van der Waals surface area contributed by atoms with Crippen molar-refractivity contribution in [1.82, 2.24) is 19.8 Å². The Labute approximate surface area is 177 Å². The average Bonchev–Trinajstić information content (AvgIpc) is 3.38. The van der Waals surface area contributed by atoms with Crippen LogP contribution in [-0.4, -0.2) is 26.1 Å². The summed E-state index contributed by atoms with van der Waals surface area (Å²) in [5.74, 6) is 1.46. The van der Waals surface area contributed by atoms with Gasteiger partial charge in [-0.3, -0.25) is 4.98 Å². The molecule has 0 saturated carbocycles. The molecule has 0 aliphatic carbocycles. The highest BCUT2D eigenvalue weighted by Gasteiger charge is 2.41. The number of aryl methyl sites for hydroxylation is 1. The van der Waals surface area contributed by atoms with Crippen molar-refractivity contribution in [3.63, 3.8) is 0 Å². The second kappa shape index (κ2) is 8.03. The van der Waals surface area contributed by atoms with Crippen molar-refractivity contribution in [1.29, 1.82) is 0 Å².